The summed E-state index contributed by atoms with van der Waals surface area (Å²) in [5.74, 6) is 0.483. The van der Waals surface area contributed by atoms with Crippen LogP contribution in [-0.4, -0.2) is 64.4 Å². The summed E-state index contributed by atoms with van der Waals surface area (Å²) in [7, 11) is -1.33. The van der Waals surface area contributed by atoms with Crippen LogP contribution in [0.3, 0.4) is 0 Å². The molecule has 0 saturated heterocycles. The first-order valence-corrected chi connectivity index (χ1v) is 14.5. The molecule has 2 aliphatic rings. The van der Waals surface area contributed by atoms with Gasteiger partial charge in [-0.1, -0.05) is 13.8 Å². The molecule has 24 heavy (non-hydrogen) atoms. The Morgan fingerprint density at radius 1 is 1.17 bits per heavy atom. The molecule has 136 valence electrons. The summed E-state index contributed by atoms with van der Waals surface area (Å²) in [6, 6.07) is 0. The van der Waals surface area contributed by atoms with Gasteiger partial charge >= 0.3 is 5.40 Å². The molecular formula is C19H36O2P3+3. The summed E-state index contributed by atoms with van der Waals surface area (Å²) < 4.78 is 0. The third kappa shape index (κ3) is 3.12. The van der Waals surface area contributed by atoms with Gasteiger partial charge in [-0.05, 0) is 44.9 Å². The largest absolute Gasteiger partial charge is 0.390 e. The van der Waals surface area contributed by atoms with Crippen LogP contribution in [0.1, 0.15) is 41.0 Å². The van der Waals surface area contributed by atoms with E-state index in [9.17, 15) is 10.2 Å². The van der Waals surface area contributed by atoms with Crippen molar-refractivity contribution < 1.29 is 10.2 Å². The average Bonchev–Trinajstić information content (AvgIpc) is 3.28. The topological polar surface area (TPSA) is 40.5 Å². The number of aliphatic hydroxyl groups excluding tert-OH is 1. The molecule has 5 heteroatoms. The quantitative estimate of drug-likeness (QED) is 0.602. The van der Waals surface area contributed by atoms with E-state index < -0.39 is 13.1 Å². The zero-order chi connectivity index (χ0) is 18.4. The highest BCUT2D eigenvalue weighted by atomic mass is 31.2. The lowest BCUT2D eigenvalue weighted by Crippen LogP contribution is -2.40. The Bertz CT molecular complexity index is 557. The molecule has 0 aromatic carbocycles. The van der Waals surface area contributed by atoms with Gasteiger partial charge in [0.2, 0.25) is 5.85 Å². The molecule has 2 N–H and O–H groups in total. The van der Waals surface area contributed by atoms with Gasteiger partial charge < -0.3 is 10.2 Å². The lowest BCUT2D eigenvalue weighted by Gasteiger charge is -2.33. The predicted molar refractivity (Wildman–Crippen MR) is 117 cm³/mol. The van der Waals surface area contributed by atoms with Crippen LogP contribution in [0, 0.1) is 23.2 Å². The standard InChI is InChI=1S/C19H36O2P3/c1-9-22(6)12-16(23(7)10-2)24(8)17(20)19-11-15(19)13(3)18(5,21)14(19)4/h13-17,20-21H,6-12H2,1-5H3/q+3/t13-,14+,15?,16?,17?,18+,19-/m1/s1. The SMILES string of the molecule is C=[P+](CC)CC([P+](=C)CC)[P+](=C)C(O)[C@@]12CC1[C@@H](C)[C@](C)(O)[C@@H]2C. The summed E-state index contributed by atoms with van der Waals surface area (Å²) in [6.45, 7) is 10.7. The van der Waals surface area contributed by atoms with Crippen LogP contribution in [0.4, 0.5) is 0 Å². The minimum atomic E-state index is -0.757. The van der Waals surface area contributed by atoms with E-state index in [1.54, 1.807) is 0 Å². The Kier molecular flexibility index (Phi) is 6.23. The van der Waals surface area contributed by atoms with Gasteiger partial charge in [0.05, 0.1) is 32.0 Å². The molecule has 2 rings (SSSR count). The molecule has 0 spiro atoms. The van der Waals surface area contributed by atoms with Gasteiger partial charge in [0.25, 0.3) is 0 Å². The van der Waals surface area contributed by atoms with E-state index in [2.05, 4.69) is 46.6 Å². The summed E-state index contributed by atoms with van der Waals surface area (Å²) in [5.41, 5.74) is -0.771. The van der Waals surface area contributed by atoms with E-state index in [1.165, 1.54) is 0 Å². The van der Waals surface area contributed by atoms with Crippen molar-refractivity contribution >= 4 is 41.5 Å². The Morgan fingerprint density at radius 2 is 1.75 bits per heavy atom. The van der Waals surface area contributed by atoms with E-state index in [4.69, 9.17) is 0 Å². The van der Waals surface area contributed by atoms with Crippen LogP contribution in [-0.2, 0) is 0 Å². The van der Waals surface area contributed by atoms with E-state index in [1.807, 2.05) is 6.92 Å². The van der Waals surface area contributed by atoms with Gasteiger partial charge in [-0.3, -0.25) is 0 Å². The minimum absolute atomic E-state index is 0.103. The van der Waals surface area contributed by atoms with Crippen molar-refractivity contribution in [1.82, 2.24) is 0 Å². The van der Waals surface area contributed by atoms with Crippen LogP contribution >= 0.6 is 22.6 Å². The third-order valence-electron chi connectivity index (χ3n) is 7.19. The Balaban J connectivity index is 2.25. The maximum atomic E-state index is 11.4. The van der Waals surface area contributed by atoms with Gasteiger partial charge in [0, 0.05) is 5.41 Å². The van der Waals surface area contributed by atoms with Crippen LogP contribution in [0.25, 0.3) is 0 Å². The number of fused-ring (bicyclic) bond motifs is 1. The lowest BCUT2D eigenvalue weighted by molar-refractivity contribution is -0.0432. The number of aliphatic hydroxyl groups is 2. The molecule has 2 saturated carbocycles. The Labute approximate surface area is 151 Å². The van der Waals surface area contributed by atoms with E-state index in [0.29, 0.717) is 11.3 Å². The van der Waals surface area contributed by atoms with Gasteiger partial charge in [0.15, 0.2) is 13.7 Å². The lowest BCUT2D eigenvalue weighted by atomic mass is 9.79. The first-order valence-electron chi connectivity index (χ1n) is 9.17. The van der Waals surface area contributed by atoms with Crippen LogP contribution in [0.5, 0.6) is 0 Å². The van der Waals surface area contributed by atoms with E-state index in [0.717, 1.165) is 24.9 Å². The smallest absolute Gasteiger partial charge is 0.302 e. The highest BCUT2D eigenvalue weighted by molar-refractivity contribution is 7.75. The molecule has 2 fully saturated rings. The normalized spacial score (nSPS) is 42.1. The Hall–Kier alpha value is 0.430. The van der Waals surface area contributed by atoms with E-state index >= 15 is 0 Å². The number of hydrogen-bond acceptors (Lipinski definition) is 2. The van der Waals surface area contributed by atoms with Crippen molar-refractivity contribution in [3.05, 3.63) is 0 Å². The summed E-state index contributed by atoms with van der Waals surface area (Å²) in [4.78, 5) is 0. The molecular weight excluding hydrogens is 353 g/mol. The zero-order valence-electron chi connectivity index (χ0n) is 16.1. The van der Waals surface area contributed by atoms with Crippen molar-refractivity contribution in [1.29, 1.82) is 0 Å². The number of rotatable bonds is 8. The van der Waals surface area contributed by atoms with Crippen LogP contribution in [0.15, 0.2) is 0 Å². The monoisotopic (exact) mass is 389 g/mol. The molecule has 2 nitrogen and oxygen atoms in total. The predicted octanol–water partition coefficient (Wildman–Crippen LogP) is 4.46. The second-order valence-corrected chi connectivity index (χ2v) is 15.4. The van der Waals surface area contributed by atoms with Crippen LogP contribution in [0.2, 0.25) is 0 Å². The maximum absolute atomic E-state index is 11.4. The molecule has 0 radical (unpaired) electrons. The van der Waals surface area contributed by atoms with Gasteiger partial charge in [0.1, 0.15) is 19.9 Å². The summed E-state index contributed by atoms with van der Waals surface area (Å²) in [5, 5.41) is 22.7. The molecule has 10 atom stereocenters. The van der Waals surface area contributed by atoms with Crippen molar-refractivity contribution in [3.8, 4) is 0 Å². The fraction of sp³-hybridized carbons (Fsp3) is 0.842. The molecule has 6 unspecified atom stereocenters. The summed E-state index contributed by atoms with van der Waals surface area (Å²) in [6.07, 6.45) is 17.7. The fourth-order valence-corrected chi connectivity index (χ4v) is 13.1. The second-order valence-electron chi connectivity index (χ2n) is 8.10. The second kappa shape index (κ2) is 7.21. The molecule has 0 amide bonds. The highest BCUT2D eigenvalue weighted by Crippen LogP contribution is 2.76. The molecule has 0 heterocycles. The van der Waals surface area contributed by atoms with Gasteiger partial charge in [-0.15, -0.1) is 0 Å². The fourth-order valence-electron chi connectivity index (χ4n) is 4.80. The maximum Gasteiger partial charge on any atom is 0.302 e. The van der Waals surface area contributed by atoms with Crippen LogP contribution < -0.4 is 0 Å². The summed E-state index contributed by atoms with van der Waals surface area (Å²) >= 11 is 0. The van der Waals surface area contributed by atoms with Crippen molar-refractivity contribution in [2.75, 3.05) is 18.5 Å². The molecule has 0 aromatic rings. The molecule has 0 aromatic heterocycles. The van der Waals surface area contributed by atoms with Crippen molar-refractivity contribution in [3.63, 3.8) is 0 Å². The van der Waals surface area contributed by atoms with Crippen molar-refractivity contribution in [2.45, 2.75) is 57.9 Å². The zero-order valence-corrected chi connectivity index (χ0v) is 18.8. The van der Waals surface area contributed by atoms with Crippen molar-refractivity contribution in [2.24, 2.45) is 23.2 Å². The third-order valence-corrected chi connectivity index (χ3v) is 15.3. The van der Waals surface area contributed by atoms with Gasteiger partial charge in [-0.2, -0.15) is 0 Å². The average molecular weight is 389 g/mol. The van der Waals surface area contributed by atoms with Gasteiger partial charge in [-0.25, -0.2) is 0 Å². The molecule has 0 bridgehead atoms. The first kappa shape index (κ1) is 20.7. The number of hydrogen-bond donors (Lipinski definition) is 2. The Morgan fingerprint density at radius 3 is 2.17 bits per heavy atom. The first-order chi connectivity index (χ1) is 11.0. The molecule has 2 aliphatic carbocycles. The highest BCUT2D eigenvalue weighted by Gasteiger charge is 2.78. The van der Waals surface area contributed by atoms with E-state index in [-0.39, 0.29) is 38.2 Å². The molecule has 0 aliphatic heterocycles. The minimum Gasteiger partial charge on any atom is -0.390 e.